The van der Waals surface area contributed by atoms with E-state index < -0.39 is 58.0 Å². The molecule has 1 aromatic heterocycles. The number of imide groups is 1. The number of alkyl halides is 3. The number of amides is 3. The number of thiazole rings is 1. The number of fused-ring (bicyclic) bond motifs is 2. The van der Waals surface area contributed by atoms with Crippen LogP contribution in [0.1, 0.15) is 21.9 Å². The Kier molecular flexibility index (Phi) is 8.06. The van der Waals surface area contributed by atoms with Crippen molar-refractivity contribution in [2.45, 2.75) is 28.9 Å². The summed E-state index contributed by atoms with van der Waals surface area (Å²) < 4.78 is 52.2. The fraction of sp³-hybridized carbons (Fsp3) is 0.226. The van der Waals surface area contributed by atoms with Gasteiger partial charge in [0.1, 0.15) is 17.5 Å². The van der Waals surface area contributed by atoms with Crippen molar-refractivity contribution in [1.82, 2.24) is 4.57 Å². The molecule has 1 saturated heterocycles. The van der Waals surface area contributed by atoms with Crippen LogP contribution in [0.5, 0.6) is 17.2 Å². The third kappa shape index (κ3) is 5.49. The standard InChI is InChI=1S/C31H24F3N3O7S2/c1-43-19-9-7-17(8-10-19)35-22(39)14-36-29-26(46-30(36)42)23(15-6-11-20(38)21(12-15)44-2)24-25(45-29)28(41)37(27(24)40)18-5-3-4-16(13-18)31(32,33)34/h3-13,23-25,38H,14H2,1-2H3,(H,35,39)/t23-,24+,25-/m0/s1. The second-order valence-electron chi connectivity index (χ2n) is 10.4. The quantitative estimate of drug-likeness (QED) is 0.261. The van der Waals surface area contributed by atoms with E-state index in [1.54, 1.807) is 24.3 Å². The molecule has 0 spiro atoms. The number of ether oxygens (including phenoxy) is 2. The van der Waals surface area contributed by atoms with Crippen molar-refractivity contribution < 1.29 is 42.1 Å². The highest BCUT2D eigenvalue weighted by Gasteiger charge is 2.57. The maximum Gasteiger partial charge on any atom is 0.416 e. The molecule has 1 fully saturated rings. The van der Waals surface area contributed by atoms with Gasteiger partial charge in [-0.2, -0.15) is 13.2 Å². The van der Waals surface area contributed by atoms with Crippen LogP contribution >= 0.6 is 23.1 Å². The fourth-order valence-corrected chi connectivity index (χ4v) is 8.37. The van der Waals surface area contributed by atoms with Crippen LogP contribution in [-0.2, 0) is 27.1 Å². The molecule has 3 heterocycles. The van der Waals surface area contributed by atoms with Gasteiger partial charge in [0.05, 0.1) is 36.4 Å². The van der Waals surface area contributed by atoms with Gasteiger partial charge in [0.2, 0.25) is 17.7 Å². The summed E-state index contributed by atoms with van der Waals surface area (Å²) in [5.41, 5.74) is -0.377. The van der Waals surface area contributed by atoms with E-state index in [1.165, 1.54) is 43.1 Å². The first-order valence-corrected chi connectivity index (χ1v) is 15.4. The number of hydrogen-bond donors (Lipinski definition) is 2. The van der Waals surface area contributed by atoms with Crippen molar-refractivity contribution in [3.63, 3.8) is 0 Å². The Morgan fingerprint density at radius 2 is 1.72 bits per heavy atom. The van der Waals surface area contributed by atoms with Gasteiger partial charge in [0, 0.05) is 16.5 Å². The molecule has 2 aliphatic heterocycles. The molecule has 3 amide bonds. The minimum Gasteiger partial charge on any atom is -0.504 e. The molecule has 3 aromatic carbocycles. The molecule has 6 rings (SSSR count). The molecule has 238 valence electrons. The number of phenols is 1. The zero-order valence-corrected chi connectivity index (χ0v) is 25.7. The maximum absolute atomic E-state index is 14.0. The van der Waals surface area contributed by atoms with Gasteiger partial charge in [0.15, 0.2) is 11.5 Å². The monoisotopic (exact) mass is 671 g/mol. The highest BCUT2D eigenvalue weighted by Crippen LogP contribution is 2.54. The van der Waals surface area contributed by atoms with Crippen molar-refractivity contribution in [2.24, 2.45) is 5.92 Å². The molecule has 46 heavy (non-hydrogen) atoms. The number of halogens is 3. The van der Waals surface area contributed by atoms with E-state index in [-0.39, 0.29) is 22.2 Å². The average Bonchev–Trinajstić information content (AvgIpc) is 3.47. The number of benzene rings is 3. The van der Waals surface area contributed by atoms with Crippen molar-refractivity contribution in [1.29, 1.82) is 0 Å². The summed E-state index contributed by atoms with van der Waals surface area (Å²) in [7, 11) is 2.84. The molecule has 2 aliphatic rings. The Morgan fingerprint density at radius 1 is 0.978 bits per heavy atom. The van der Waals surface area contributed by atoms with Gasteiger partial charge < -0.3 is 19.9 Å². The van der Waals surface area contributed by atoms with Gasteiger partial charge >= 0.3 is 11.0 Å². The lowest BCUT2D eigenvalue weighted by atomic mass is 9.83. The van der Waals surface area contributed by atoms with Gasteiger partial charge in [-0.3, -0.25) is 23.7 Å². The van der Waals surface area contributed by atoms with Crippen LogP contribution in [0, 0.1) is 5.92 Å². The molecule has 2 N–H and O–H groups in total. The van der Waals surface area contributed by atoms with E-state index in [9.17, 15) is 37.5 Å². The fourth-order valence-electron chi connectivity index (χ4n) is 5.60. The molecule has 0 saturated carbocycles. The number of aromatic hydroxyl groups is 1. The lowest BCUT2D eigenvalue weighted by Crippen LogP contribution is -2.33. The van der Waals surface area contributed by atoms with E-state index in [4.69, 9.17) is 9.47 Å². The predicted octanol–water partition coefficient (Wildman–Crippen LogP) is 5.09. The third-order valence-electron chi connectivity index (χ3n) is 7.72. The molecule has 10 nitrogen and oxygen atoms in total. The molecule has 3 atom stereocenters. The molecule has 0 unspecified atom stereocenters. The lowest BCUT2D eigenvalue weighted by molar-refractivity contribution is -0.137. The summed E-state index contributed by atoms with van der Waals surface area (Å²) in [5, 5.41) is 12.1. The van der Waals surface area contributed by atoms with Crippen molar-refractivity contribution in [3.8, 4) is 17.2 Å². The molecular formula is C31H24F3N3O7S2. The SMILES string of the molecule is COc1ccc(NC(=O)Cn2c3c(sc2=O)[C@@H](c2ccc(O)c(OC)c2)[C@H]2C(=O)N(c4cccc(C(F)(F)F)c4)C(=O)[C@H]2S3)cc1. The highest BCUT2D eigenvalue weighted by atomic mass is 32.2. The van der Waals surface area contributed by atoms with Gasteiger partial charge in [-0.25, -0.2) is 4.90 Å². The first-order chi connectivity index (χ1) is 21.9. The molecule has 0 bridgehead atoms. The molecule has 0 radical (unpaired) electrons. The summed E-state index contributed by atoms with van der Waals surface area (Å²) in [6, 6.07) is 14.9. The molecule has 15 heteroatoms. The number of methoxy groups -OCH3 is 2. The van der Waals surface area contributed by atoms with Crippen molar-refractivity contribution >= 4 is 52.2 Å². The summed E-state index contributed by atoms with van der Waals surface area (Å²) >= 11 is 1.72. The summed E-state index contributed by atoms with van der Waals surface area (Å²) in [6.07, 6.45) is -4.71. The second-order valence-corrected chi connectivity index (χ2v) is 12.6. The minimum atomic E-state index is -4.71. The highest BCUT2D eigenvalue weighted by molar-refractivity contribution is 8.00. The van der Waals surface area contributed by atoms with E-state index in [1.807, 2.05) is 0 Å². The Labute approximate surface area is 267 Å². The normalized spacial score (nSPS) is 19.1. The molecule has 4 aromatic rings. The number of thioether (sulfide) groups is 1. The number of nitrogens with zero attached hydrogens (tertiary/aromatic N) is 2. The zero-order valence-electron chi connectivity index (χ0n) is 24.0. The Balaban J connectivity index is 1.42. The Morgan fingerprint density at radius 3 is 2.39 bits per heavy atom. The summed E-state index contributed by atoms with van der Waals surface area (Å²) in [4.78, 5) is 55.0. The molecule has 0 aliphatic carbocycles. The number of carbonyl (C=O) groups is 3. The Bertz CT molecular complexity index is 1920. The van der Waals surface area contributed by atoms with Crippen LogP contribution in [0.4, 0.5) is 24.5 Å². The minimum absolute atomic E-state index is 0.0750. The maximum atomic E-state index is 14.0. The number of anilines is 2. The van der Waals surface area contributed by atoms with Gasteiger partial charge in [-0.15, -0.1) is 0 Å². The van der Waals surface area contributed by atoms with E-state index >= 15 is 0 Å². The smallest absolute Gasteiger partial charge is 0.416 e. The number of hydrogen-bond acceptors (Lipinski definition) is 9. The number of phenolic OH excluding ortho intramolecular Hbond substituents is 1. The summed E-state index contributed by atoms with van der Waals surface area (Å²) in [6.45, 7) is -0.411. The van der Waals surface area contributed by atoms with Gasteiger partial charge in [-0.05, 0) is 60.2 Å². The predicted molar refractivity (Wildman–Crippen MR) is 164 cm³/mol. The number of rotatable bonds is 7. The topological polar surface area (TPSA) is 127 Å². The van der Waals surface area contributed by atoms with Crippen LogP contribution in [0.25, 0.3) is 0 Å². The van der Waals surface area contributed by atoms with E-state index in [2.05, 4.69) is 5.32 Å². The average molecular weight is 672 g/mol. The van der Waals surface area contributed by atoms with Gasteiger partial charge in [-0.1, -0.05) is 35.2 Å². The number of carbonyl (C=O) groups excluding carboxylic acids is 3. The lowest BCUT2D eigenvalue weighted by Gasteiger charge is -2.31. The summed E-state index contributed by atoms with van der Waals surface area (Å²) in [5.74, 6) is -3.60. The Hall–Kier alpha value is -4.76. The number of aromatic nitrogens is 1. The number of nitrogens with one attached hydrogen (secondary N) is 1. The van der Waals surface area contributed by atoms with Crippen LogP contribution in [0.2, 0.25) is 0 Å². The zero-order chi connectivity index (χ0) is 32.9. The van der Waals surface area contributed by atoms with Crippen LogP contribution in [0.3, 0.4) is 0 Å². The second kappa shape index (κ2) is 11.9. The first-order valence-electron chi connectivity index (χ1n) is 13.7. The van der Waals surface area contributed by atoms with E-state index in [0.29, 0.717) is 21.9 Å². The van der Waals surface area contributed by atoms with Crippen LogP contribution in [-0.4, -0.2) is 46.9 Å². The third-order valence-corrected chi connectivity index (χ3v) is 10.3. The van der Waals surface area contributed by atoms with Crippen LogP contribution in [0.15, 0.2) is 76.6 Å². The van der Waals surface area contributed by atoms with Crippen molar-refractivity contribution in [2.75, 3.05) is 24.4 Å². The first kappa shape index (κ1) is 31.2. The van der Waals surface area contributed by atoms with Crippen molar-refractivity contribution in [3.05, 3.63) is 92.4 Å². The van der Waals surface area contributed by atoms with Crippen LogP contribution < -0.4 is 24.6 Å². The largest absolute Gasteiger partial charge is 0.504 e. The van der Waals surface area contributed by atoms with Gasteiger partial charge in [0.25, 0.3) is 0 Å². The molecular weight excluding hydrogens is 647 g/mol. The van der Waals surface area contributed by atoms with E-state index in [0.717, 1.165) is 46.2 Å².